The van der Waals surface area contributed by atoms with E-state index in [0.717, 1.165) is 9.47 Å². The summed E-state index contributed by atoms with van der Waals surface area (Å²) in [7, 11) is 0. The van der Waals surface area contributed by atoms with Crippen molar-refractivity contribution >= 4 is 39.8 Å². The Bertz CT molecular complexity index is 794. The van der Waals surface area contributed by atoms with Crippen molar-refractivity contribution in [3.8, 4) is 11.5 Å². The van der Waals surface area contributed by atoms with E-state index in [1.54, 1.807) is 6.07 Å². The molecule has 2 aromatic rings. The standard InChI is InChI=1S/C20H28N4O3S2/c1-3-26-16-11-10-15(12-17(16)27-4-2)21-18(25)13-28-20-24-23-19(29-20)22-14-8-6-5-7-9-14/h10-12,14H,3-9,13H2,1-2H3,(H,21,25)(H,22,23). The third kappa shape index (κ3) is 6.78. The van der Waals surface area contributed by atoms with Gasteiger partial charge in [-0.2, -0.15) is 0 Å². The summed E-state index contributed by atoms with van der Waals surface area (Å²) in [6.45, 7) is 4.92. The molecule has 1 amide bonds. The summed E-state index contributed by atoms with van der Waals surface area (Å²) < 4.78 is 11.9. The number of nitrogens with one attached hydrogen (secondary N) is 2. The molecular weight excluding hydrogens is 408 g/mol. The van der Waals surface area contributed by atoms with E-state index in [1.165, 1.54) is 55.2 Å². The van der Waals surface area contributed by atoms with E-state index in [-0.39, 0.29) is 11.7 Å². The molecule has 0 radical (unpaired) electrons. The summed E-state index contributed by atoms with van der Waals surface area (Å²) in [4.78, 5) is 12.3. The molecule has 3 rings (SSSR count). The van der Waals surface area contributed by atoms with Gasteiger partial charge in [0, 0.05) is 17.8 Å². The van der Waals surface area contributed by atoms with Crippen molar-refractivity contribution in [2.45, 2.75) is 56.3 Å². The van der Waals surface area contributed by atoms with Crippen molar-refractivity contribution < 1.29 is 14.3 Å². The van der Waals surface area contributed by atoms with Gasteiger partial charge in [0.1, 0.15) is 0 Å². The fourth-order valence-electron chi connectivity index (χ4n) is 3.20. The van der Waals surface area contributed by atoms with Crippen LogP contribution in [0.1, 0.15) is 46.0 Å². The first-order chi connectivity index (χ1) is 14.2. The molecule has 0 unspecified atom stereocenters. The molecule has 7 nitrogen and oxygen atoms in total. The summed E-state index contributed by atoms with van der Waals surface area (Å²) >= 11 is 2.90. The Morgan fingerprint density at radius 1 is 1.14 bits per heavy atom. The molecule has 1 fully saturated rings. The van der Waals surface area contributed by atoms with Crippen LogP contribution in [-0.4, -0.2) is 41.1 Å². The van der Waals surface area contributed by atoms with Gasteiger partial charge < -0.3 is 20.1 Å². The molecule has 0 spiro atoms. The van der Waals surface area contributed by atoms with Crippen molar-refractivity contribution in [2.75, 3.05) is 29.6 Å². The Balaban J connectivity index is 1.49. The van der Waals surface area contributed by atoms with Crippen molar-refractivity contribution in [3.05, 3.63) is 18.2 Å². The number of thioether (sulfide) groups is 1. The SMILES string of the molecule is CCOc1ccc(NC(=O)CSc2nnc(NC3CCCCC3)s2)cc1OCC. The van der Waals surface area contributed by atoms with Crippen molar-refractivity contribution in [1.29, 1.82) is 0 Å². The van der Waals surface area contributed by atoms with Gasteiger partial charge in [-0.25, -0.2) is 0 Å². The van der Waals surface area contributed by atoms with Gasteiger partial charge in [-0.15, -0.1) is 10.2 Å². The van der Waals surface area contributed by atoms with Crippen LogP contribution >= 0.6 is 23.1 Å². The molecule has 1 aromatic heterocycles. The van der Waals surface area contributed by atoms with Gasteiger partial charge in [-0.3, -0.25) is 4.79 Å². The highest BCUT2D eigenvalue weighted by molar-refractivity contribution is 8.01. The fraction of sp³-hybridized carbons (Fsp3) is 0.550. The molecular formula is C20H28N4O3S2. The number of rotatable bonds is 10. The van der Waals surface area contributed by atoms with Crippen molar-refractivity contribution in [3.63, 3.8) is 0 Å². The number of hydrogen-bond donors (Lipinski definition) is 2. The van der Waals surface area contributed by atoms with Gasteiger partial charge in [0.25, 0.3) is 0 Å². The molecule has 29 heavy (non-hydrogen) atoms. The maximum Gasteiger partial charge on any atom is 0.234 e. The maximum atomic E-state index is 12.3. The van der Waals surface area contributed by atoms with Gasteiger partial charge in [-0.05, 0) is 38.8 Å². The lowest BCUT2D eigenvalue weighted by Crippen LogP contribution is -2.21. The molecule has 0 atom stereocenters. The fourth-order valence-corrected chi connectivity index (χ4v) is 4.83. The number of amides is 1. The monoisotopic (exact) mass is 436 g/mol. The largest absolute Gasteiger partial charge is 0.490 e. The van der Waals surface area contributed by atoms with E-state index < -0.39 is 0 Å². The summed E-state index contributed by atoms with van der Waals surface area (Å²) in [5.74, 6) is 1.48. The smallest absolute Gasteiger partial charge is 0.234 e. The van der Waals surface area contributed by atoms with Crippen molar-refractivity contribution in [1.82, 2.24) is 10.2 Å². The van der Waals surface area contributed by atoms with Crippen LogP contribution in [0, 0.1) is 0 Å². The number of hydrogen-bond acceptors (Lipinski definition) is 8. The third-order valence-corrected chi connectivity index (χ3v) is 6.48. The Morgan fingerprint density at radius 2 is 1.90 bits per heavy atom. The van der Waals surface area contributed by atoms with E-state index in [1.807, 2.05) is 26.0 Å². The zero-order valence-electron chi connectivity index (χ0n) is 16.9. The maximum absolute atomic E-state index is 12.3. The predicted octanol–water partition coefficient (Wildman–Crippen LogP) is 4.81. The van der Waals surface area contributed by atoms with E-state index in [9.17, 15) is 4.79 Å². The first-order valence-electron chi connectivity index (χ1n) is 10.1. The first kappa shape index (κ1) is 21.7. The molecule has 2 N–H and O–H groups in total. The van der Waals surface area contributed by atoms with E-state index in [4.69, 9.17) is 9.47 Å². The molecule has 158 valence electrons. The molecule has 1 aliphatic rings. The summed E-state index contributed by atoms with van der Waals surface area (Å²) in [5.41, 5.74) is 0.680. The lowest BCUT2D eigenvalue weighted by atomic mass is 9.96. The average Bonchev–Trinajstić information content (AvgIpc) is 3.17. The lowest BCUT2D eigenvalue weighted by Gasteiger charge is -2.21. The minimum Gasteiger partial charge on any atom is -0.490 e. The molecule has 9 heteroatoms. The summed E-state index contributed by atoms with van der Waals surface area (Å²) in [5, 5.41) is 15.6. The molecule has 1 aromatic carbocycles. The highest BCUT2D eigenvalue weighted by atomic mass is 32.2. The van der Waals surface area contributed by atoms with Crippen LogP contribution in [0.3, 0.4) is 0 Å². The molecule has 0 aliphatic heterocycles. The normalized spacial score (nSPS) is 14.4. The molecule has 0 bridgehead atoms. The quantitative estimate of drug-likeness (QED) is 0.517. The second-order valence-electron chi connectivity index (χ2n) is 6.72. The van der Waals surface area contributed by atoms with Crippen LogP contribution < -0.4 is 20.1 Å². The Morgan fingerprint density at radius 3 is 2.66 bits per heavy atom. The zero-order chi connectivity index (χ0) is 20.5. The predicted molar refractivity (Wildman–Crippen MR) is 119 cm³/mol. The van der Waals surface area contributed by atoms with Crippen molar-refractivity contribution in [2.24, 2.45) is 0 Å². The average molecular weight is 437 g/mol. The van der Waals surface area contributed by atoms with Gasteiger partial charge >= 0.3 is 0 Å². The molecule has 1 aliphatic carbocycles. The first-order valence-corrected chi connectivity index (χ1v) is 11.9. The second-order valence-corrected chi connectivity index (χ2v) is 8.92. The van der Waals surface area contributed by atoms with Crippen LogP contribution in [0.25, 0.3) is 0 Å². The number of aromatic nitrogens is 2. The Kier molecular flexibility index (Phi) is 8.42. The zero-order valence-corrected chi connectivity index (χ0v) is 18.5. The highest BCUT2D eigenvalue weighted by Gasteiger charge is 2.16. The van der Waals surface area contributed by atoms with Gasteiger partial charge in [0.15, 0.2) is 15.8 Å². The van der Waals surface area contributed by atoms with E-state index in [2.05, 4.69) is 20.8 Å². The number of carbonyl (C=O) groups excluding carboxylic acids is 1. The summed E-state index contributed by atoms with van der Waals surface area (Å²) in [6.07, 6.45) is 6.25. The van der Waals surface area contributed by atoms with E-state index in [0.29, 0.717) is 36.4 Å². The highest BCUT2D eigenvalue weighted by Crippen LogP contribution is 2.31. The molecule has 1 saturated carbocycles. The van der Waals surface area contributed by atoms with Gasteiger partial charge in [0.05, 0.1) is 19.0 Å². The van der Waals surface area contributed by atoms with Gasteiger partial charge in [-0.1, -0.05) is 42.4 Å². The van der Waals surface area contributed by atoms with Crippen LogP contribution in [0.4, 0.5) is 10.8 Å². The number of nitrogens with zero attached hydrogens (tertiary/aromatic N) is 2. The summed E-state index contributed by atoms with van der Waals surface area (Å²) in [6, 6.07) is 5.91. The van der Waals surface area contributed by atoms with Crippen LogP contribution in [0.15, 0.2) is 22.5 Å². The lowest BCUT2D eigenvalue weighted by molar-refractivity contribution is -0.113. The van der Waals surface area contributed by atoms with Crippen LogP contribution in [-0.2, 0) is 4.79 Å². The van der Waals surface area contributed by atoms with Gasteiger partial charge in [0.2, 0.25) is 11.0 Å². The van der Waals surface area contributed by atoms with Crippen LogP contribution in [0.5, 0.6) is 11.5 Å². The number of carbonyl (C=O) groups is 1. The second kappa shape index (κ2) is 11.3. The minimum absolute atomic E-state index is 0.0985. The number of benzene rings is 1. The molecule has 1 heterocycles. The Hall–Kier alpha value is -2.00. The topological polar surface area (TPSA) is 85.4 Å². The number of anilines is 2. The third-order valence-electron chi connectivity index (χ3n) is 4.49. The number of ether oxygens (including phenoxy) is 2. The van der Waals surface area contributed by atoms with Crippen LogP contribution in [0.2, 0.25) is 0 Å². The minimum atomic E-state index is -0.0985. The Labute approximate surface area is 180 Å². The van der Waals surface area contributed by atoms with E-state index >= 15 is 0 Å². The molecule has 0 saturated heterocycles.